The Morgan fingerprint density at radius 1 is 0.824 bits per heavy atom. The van der Waals surface area contributed by atoms with E-state index in [1.165, 1.54) is 0 Å². The van der Waals surface area contributed by atoms with Crippen LogP contribution in [0.2, 0.25) is 0 Å². The zero-order valence-electron chi connectivity index (χ0n) is 7.66. The summed E-state index contributed by atoms with van der Waals surface area (Å²) in [5, 5.41) is 0. The minimum absolute atomic E-state index is 0. The summed E-state index contributed by atoms with van der Waals surface area (Å²) in [6.07, 6.45) is 0. The fraction of sp³-hybridized carbons (Fsp3) is 0. The van der Waals surface area contributed by atoms with Crippen LogP contribution in [0.25, 0.3) is 0 Å². The zero-order valence-corrected chi connectivity index (χ0v) is 13.7. The minimum atomic E-state index is -4.80. The molecule has 4 N–H and O–H groups in total. The van der Waals surface area contributed by atoms with Gasteiger partial charge in [-0.15, -0.1) is 0 Å². The molecule has 0 spiro atoms. The van der Waals surface area contributed by atoms with Gasteiger partial charge in [-0.1, -0.05) is 0 Å². The second kappa shape index (κ2) is 9.69. The van der Waals surface area contributed by atoms with E-state index in [1.54, 1.807) is 0 Å². The molecule has 0 rings (SSSR count). The SMILES string of the molecule is O=[Si]([O-])OP(=O)(O)O.O=[Si]([O-])OP(=O)(O)O.[Ca+2]. The third-order valence-corrected chi connectivity index (χ3v) is 3.48. The molecule has 0 saturated carbocycles. The average Bonchev–Trinajstić information content (AvgIpc) is 1.72. The Balaban J connectivity index is -0.000000218. The summed E-state index contributed by atoms with van der Waals surface area (Å²) >= 11 is 0. The molecule has 0 unspecified atom stereocenters. The van der Waals surface area contributed by atoms with Crippen molar-refractivity contribution in [2.75, 3.05) is 0 Å². The third kappa shape index (κ3) is 31.5. The predicted molar refractivity (Wildman–Crippen MR) is 44.9 cm³/mol. The molecule has 0 aromatic rings. The fourth-order valence-corrected chi connectivity index (χ4v) is 1.75. The van der Waals surface area contributed by atoms with E-state index >= 15 is 0 Å². The molecule has 96 valence electrons. The van der Waals surface area contributed by atoms with Gasteiger partial charge in [0.15, 0.2) is 0 Å². The summed E-state index contributed by atoms with van der Waals surface area (Å²) in [5.74, 6) is 0. The topological polar surface area (TPSA) is 214 Å². The number of phosphoric acid groups is 2. The van der Waals surface area contributed by atoms with E-state index in [0.717, 1.165) is 0 Å². The molecule has 17 heavy (non-hydrogen) atoms. The molecule has 0 aliphatic carbocycles. The normalized spacial score (nSPS) is 10.1. The maximum Gasteiger partial charge on any atom is 2.00 e. The fourth-order valence-electron chi connectivity index (χ4n) is 0.194. The average molecular weight is 354 g/mol. The van der Waals surface area contributed by atoms with Gasteiger partial charge in [-0.3, -0.25) is 0 Å². The van der Waals surface area contributed by atoms with Crippen LogP contribution in [0.1, 0.15) is 0 Å². The van der Waals surface area contributed by atoms with Crippen molar-refractivity contribution < 1.29 is 55.6 Å². The molecule has 0 atom stereocenters. The molecule has 0 aromatic heterocycles. The van der Waals surface area contributed by atoms with E-state index in [1.807, 2.05) is 0 Å². The second-order valence-electron chi connectivity index (χ2n) is 1.66. The van der Waals surface area contributed by atoms with Crippen molar-refractivity contribution in [2.24, 2.45) is 0 Å². The van der Waals surface area contributed by atoms with Crippen LogP contribution in [0.4, 0.5) is 0 Å². The van der Waals surface area contributed by atoms with Gasteiger partial charge >= 0.3 is 71.7 Å². The van der Waals surface area contributed by atoms with Gasteiger partial charge < -0.3 is 46.5 Å². The summed E-state index contributed by atoms with van der Waals surface area (Å²) in [7, 11) is -17.1. The van der Waals surface area contributed by atoms with Crippen LogP contribution >= 0.6 is 15.6 Å². The van der Waals surface area contributed by atoms with Gasteiger partial charge in [0.2, 0.25) is 0 Å². The van der Waals surface area contributed by atoms with Crippen molar-refractivity contribution in [1.29, 1.82) is 0 Å². The monoisotopic (exact) mass is 354 g/mol. The van der Waals surface area contributed by atoms with Gasteiger partial charge in [-0.05, 0) is 0 Å². The van der Waals surface area contributed by atoms with Crippen LogP contribution in [0.15, 0.2) is 0 Å². The Bertz CT molecular complexity index is 302. The van der Waals surface area contributed by atoms with Crippen molar-refractivity contribution in [2.45, 2.75) is 0 Å². The molecule has 0 aliphatic heterocycles. The van der Waals surface area contributed by atoms with E-state index in [4.69, 9.17) is 19.6 Å². The van der Waals surface area contributed by atoms with Gasteiger partial charge in [0.1, 0.15) is 0 Å². The van der Waals surface area contributed by atoms with Crippen LogP contribution in [-0.4, -0.2) is 75.7 Å². The standard InChI is InChI=1S/Ca.2H2O6PSi/c;2*1-7(2,3)6-8(4)5/h;2*(H2,1,2,3)/q+2;2*-1. The van der Waals surface area contributed by atoms with Crippen LogP contribution < -0.4 is 9.59 Å². The largest absolute Gasteiger partial charge is 2.00 e. The Labute approximate surface area is 126 Å². The molecule has 0 bridgehead atoms. The predicted octanol–water partition coefficient (Wildman–Crippen LogP) is -4.64. The number of rotatable bonds is 4. The molecule has 0 aromatic carbocycles. The summed E-state index contributed by atoms with van der Waals surface area (Å²) in [5.41, 5.74) is 0. The van der Waals surface area contributed by atoms with Gasteiger partial charge in [-0.25, -0.2) is 9.13 Å². The van der Waals surface area contributed by atoms with E-state index in [9.17, 15) is 27.6 Å². The molecule has 0 saturated heterocycles. The molecule has 0 fully saturated rings. The van der Waals surface area contributed by atoms with E-state index in [0.29, 0.717) is 0 Å². The molecular weight excluding hydrogens is 350 g/mol. The first-order valence-corrected chi connectivity index (χ1v) is 8.27. The van der Waals surface area contributed by atoms with Crippen LogP contribution in [-0.2, 0) is 26.5 Å². The van der Waals surface area contributed by atoms with Gasteiger partial charge in [0.05, 0.1) is 0 Å². The summed E-state index contributed by atoms with van der Waals surface area (Å²) in [6, 6.07) is 0. The first kappa shape index (κ1) is 22.9. The van der Waals surface area contributed by atoms with Crippen molar-refractivity contribution in [3.05, 3.63) is 0 Å². The minimum Gasteiger partial charge on any atom is -0.499 e. The summed E-state index contributed by atoms with van der Waals surface area (Å²) in [6.45, 7) is 0. The molecule has 0 amide bonds. The molecule has 0 radical (unpaired) electrons. The van der Waals surface area contributed by atoms with E-state index in [-0.39, 0.29) is 37.7 Å². The van der Waals surface area contributed by atoms with E-state index < -0.39 is 34.0 Å². The Morgan fingerprint density at radius 3 is 1.00 bits per heavy atom. The summed E-state index contributed by atoms with van der Waals surface area (Å²) in [4.78, 5) is 49.6. The molecular formula is H4CaO12P2Si2. The third-order valence-electron chi connectivity index (χ3n) is 0.387. The van der Waals surface area contributed by atoms with Crippen LogP contribution in [0, 0.1) is 0 Å². The Kier molecular flexibility index (Phi) is 13.1. The first-order chi connectivity index (χ1) is 6.83. The maximum absolute atomic E-state index is 9.54. The van der Waals surface area contributed by atoms with Gasteiger partial charge in [-0.2, -0.15) is 0 Å². The van der Waals surface area contributed by atoms with Crippen molar-refractivity contribution in [1.82, 2.24) is 0 Å². The van der Waals surface area contributed by atoms with Crippen molar-refractivity contribution in [3.8, 4) is 0 Å². The van der Waals surface area contributed by atoms with Gasteiger partial charge in [0.25, 0.3) is 0 Å². The summed E-state index contributed by atoms with van der Waals surface area (Å²) < 4.78 is 44.0. The van der Waals surface area contributed by atoms with Crippen molar-refractivity contribution in [3.63, 3.8) is 0 Å². The molecule has 17 heteroatoms. The smallest absolute Gasteiger partial charge is 0.499 e. The van der Waals surface area contributed by atoms with Gasteiger partial charge in [0, 0.05) is 0 Å². The second-order valence-corrected chi connectivity index (χ2v) is 6.09. The van der Waals surface area contributed by atoms with Crippen LogP contribution in [0.3, 0.4) is 0 Å². The van der Waals surface area contributed by atoms with Crippen molar-refractivity contribution >= 4 is 71.7 Å². The van der Waals surface area contributed by atoms with E-state index in [2.05, 4.69) is 8.43 Å². The molecule has 0 heterocycles. The maximum atomic E-state index is 9.54. The van der Waals surface area contributed by atoms with Crippen LogP contribution in [0.5, 0.6) is 0 Å². The zero-order chi connectivity index (χ0) is 13.6. The molecule has 0 aliphatic rings. The Hall–Kier alpha value is 0.794. The first-order valence-electron chi connectivity index (χ1n) is 2.76. The number of hydrogen-bond donors (Lipinski definition) is 4. The molecule has 12 nitrogen and oxygen atoms in total. The Morgan fingerprint density at radius 2 is 1.00 bits per heavy atom. The number of hydrogen-bond acceptors (Lipinski definition) is 8. The quantitative estimate of drug-likeness (QED) is 0.277.